The average molecular weight is 188 g/mol. The van der Waals surface area contributed by atoms with Gasteiger partial charge in [0.15, 0.2) is 0 Å². The molecule has 2 nitrogen and oxygen atoms in total. The molecule has 0 heterocycles. The second-order valence-corrected chi connectivity index (χ2v) is 4.41. The Labute approximate surface area is 82.6 Å². The molecule has 0 radical (unpaired) electrons. The van der Waals surface area contributed by atoms with E-state index >= 15 is 0 Å². The van der Waals surface area contributed by atoms with Crippen molar-refractivity contribution >= 4 is 0 Å². The lowest BCUT2D eigenvalue weighted by atomic mass is 9.70. The van der Waals surface area contributed by atoms with Crippen LogP contribution in [0, 0.1) is 17.3 Å². The van der Waals surface area contributed by atoms with Gasteiger partial charge < -0.3 is 9.47 Å². The van der Waals surface area contributed by atoms with Gasteiger partial charge in [-0.1, -0.05) is 27.7 Å². The van der Waals surface area contributed by atoms with Crippen LogP contribution in [0.2, 0.25) is 0 Å². The van der Waals surface area contributed by atoms with Crippen molar-refractivity contribution in [2.45, 2.75) is 27.7 Å². The molecule has 13 heavy (non-hydrogen) atoms. The molecule has 0 aliphatic heterocycles. The van der Waals surface area contributed by atoms with Crippen LogP contribution >= 0.6 is 0 Å². The monoisotopic (exact) mass is 188 g/mol. The third kappa shape index (κ3) is 2.96. The highest BCUT2D eigenvalue weighted by Gasteiger charge is 2.37. The van der Waals surface area contributed by atoms with Gasteiger partial charge in [0.2, 0.25) is 0 Å². The second-order valence-electron chi connectivity index (χ2n) is 4.41. The molecule has 0 N–H and O–H groups in total. The zero-order valence-electron chi connectivity index (χ0n) is 9.89. The van der Waals surface area contributed by atoms with Crippen LogP contribution in [-0.2, 0) is 9.47 Å². The van der Waals surface area contributed by atoms with Crippen molar-refractivity contribution in [2.75, 3.05) is 27.4 Å². The fourth-order valence-electron chi connectivity index (χ4n) is 1.91. The van der Waals surface area contributed by atoms with E-state index in [9.17, 15) is 0 Å². The molecule has 0 aromatic rings. The maximum Gasteiger partial charge on any atom is 0.0545 e. The molecule has 0 bridgehead atoms. The Morgan fingerprint density at radius 2 is 1.15 bits per heavy atom. The fraction of sp³-hybridized carbons (Fsp3) is 1.00. The summed E-state index contributed by atoms with van der Waals surface area (Å²) in [5, 5.41) is 0. The van der Waals surface area contributed by atoms with Crippen LogP contribution < -0.4 is 0 Å². The average Bonchev–Trinajstić information content (AvgIpc) is 2.03. The molecule has 0 saturated heterocycles. The molecular formula is C11H24O2. The SMILES string of the molecule is COCC(COC)(C(C)C)C(C)C. The summed E-state index contributed by atoms with van der Waals surface area (Å²) in [5.74, 6) is 1.15. The van der Waals surface area contributed by atoms with Crippen LogP contribution in [0.25, 0.3) is 0 Å². The van der Waals surface area contributed by atoms with Crippen LogP contribution in [0.4, 0.5) is 0 Å². The topological polar surface area (TPSA) is 18.5 Å². The summed E-state index contributed by atoms with van der Waals surface area (Å²) in [6, 6.07) is 0. The molecular weight excluding hydrogens is 164 g/mol. The number of methoxy groups -OCH3 is 2. The number of rotatable bonds is 6. The van der Waals surface area contributed by atoms with Gasteiger partial charge in [-0.3, -0.25) is 0 Å². The van der Waals surface area contributed by atoms with Gasteiger partial charge >= 0.3 is 0 Å². The van der Waals surface area contributed by atoms with Gasteiger partial charge in [0.05, 0.1) is 13.2 Å². The smallest absolute Gasteiger partial charge is 0.0545 e. The van der Waals surface area contributed by atoms with E-state index in [-0.39, 0.29) is 5.41 Å². The summed E-state index contributed by atoms with van der Waals surface area (Å²) in [6.07, 6.45) is 0. The summed E-state index contributed by atoms with van der Waals surface area (Å²) in [7, 11) is 3.52. The van der Waals surface area contributed by atoms with Gasteiger partial charge in [-0.15, -0.1) is 0 Å². The number of ether oxygens (including phenoxy) is 2. The lowest BCUT2D eigenvalue weighted by Crippen LogP contribution is -2.41. The highest BCUT2D eigenvalue weighted by molar-refractivity contribution is 4.85. The Balaban J connectivity index is 4.59. The van der Waals surface area contributed by atoms with Crippen LogP contribution in [0.1, 0.15) is 27.7 Å². The van der Waals surface area contributed by atoms with Gasteiger partial charge in [0, 0.05) is 19.6 Å². The van der Waals surface area contributed by atoms with Crippen LogP contribution in [0.15, 0.2) is 0 Å². The Morgan fingerprint density at radius 3 is 1.31 bits per heavy atom. The van der Waals surface area contributed by atoms with Crippen LogP contribution in [0.3, 0.4) is 0 Å². The van der Waals surface area contributed by atoms with Gasteiger partial charge in [0.1, 0.15) is 0 Å². The zero-order valence-corrected chi connectivity index (χ0v) is 9.89. The van der Waals surface area contributed by atoms with E-state index in [1.165, 1.54) is 0 Å². The first-order valence-electron chi connectivity index (χ1n) is 4.99. The Bertz CT molecular complexity index is 114. The summed E-state index contributed by atoms with van der Waals surface area (Å²) in [5.41, 5.74) is 0.156. The minimum atomic E-state index is 0.156. The van der Waals surface area contributed by atoms with E-state index in [1.807, 2.05) is 0 Å². The molecule has 0 rings (SSSR count). The second kappa shape index (κ2) is 5.61. The predicted octanol–water partition coefficient (Wildman–Crippen LogP) is 2.58. The van der Waals surface area contributed by atoms with Crippen molar-refractivity contribution in [3.05, 3.63) is 0 Å². The largest absolute Gasteiger partial charge is 0.384 e. The molecule has 0 saturated carbocycles. The van der Waals surface area contributed by atoms with Crippen molar-refractivity contribution in [1.82, 2.24) is 0 Å². The van der Waals surface area contributed by atoms with E-state index in [0.29, 0.717) is 11.8 Å². The van der Waals surface area contributed by atoms with Crippen molar-refractivity contribution < 1.29 is 9.47 Å². The highest BCUT2D eigenvalue weighted by Crippen LogP contribution is 2.36. The Morgan fingerprint density at radius 1 is 0.846 bits per heavy atom. The molecule has 0 aliphatic rings. The zero-order chi connectivity index (χ0) is 10.5. The third-order valence-corrected chi connectivity index (χ3v) is 3.13. The first kappa shape index (κ1) is 12.9. The van der Waals surface area contributed by atoms with Gasteiger partial charge in [0.25, 0.3) is 0 Å². The minimum absolute atomic E-state index is 0.156. The molecule has 0 spiro atoms. The summed E-state index contributed by atoms with van der Waals surface area (Å²) in [6.45, 7) is 10.5. The quantitative estimate of drug-likeness (QED) is 0.638. The molecule has 0 unspecified atom stereocenters. The van der Waals surface area contributed by atoms with Crippen LogP contribution in [0.5, 0.6) is 0 Å². The van der Waals surface area contributed by atoms with E-state index in [4.69, 9.17) is 9.47 Å². The maximum atomic E-state index is 5.30. The Hall–Kier alpha value is -0.0800. The maximum absolute atomic E-state index is 5.30. The van der Waals surface area contributed by atoms with E-state index in [1.54, 1.807) is 14.2 Å². The number of hydrogen-bond donors (Lipinski definition) is 0. The molecule has 0 aliphatic carbocycles. The summed E-state index contributed by atoms with van der Waals surface area (Å²) in [4.78, 5) is 0. The molecule has 80 valence electrons. The first-order chi connectivity index (χ1) is 6.01. The van der Waals surface area contributed by atoms with Crippen LogP contribution in [-0.4, -0.2) is 27.4 Å². The normalized spacial score (nSPS) is 12.9. The summed E-state index contributed by atoms with van der Waals surface area (Å²) >= 11 is 0. The van der Waals surface area contributed by atoms with Gasteiger partial charge in [-0.05, 0) is 11.8 Å². The predicted molar refractivity (Wildman–Crippen MR) is 55.9 cm³/mol. The van der Waals surface area contributed by atoms with E-state index < -0.39 is 0 Å². The lowest BCUT2D eigenvalue weighted by Gasteiger charge is -2.40. The van der Waals surface area contributed by atoms with Crippen molar-refractivity contribution in [1.29, 1.82) is 0 Å². The molecule has 0 atom stereocenters. The van der Waals surface area contributed by atoms with Crippen molar-refractivity contribution in [3.63, 3.8) is 0 Å². The lowest BCUT2D eigenvalue weighted by molar-refractivity contribution is -0.0514. The number of hydrogen-bond acceptors (Lipinski definition) is 2. The van der Waals surface area contributed by atoms with E-state index in [0.717, 1.165) is 13.2 Å². The minimum Gasteiger partial charge on any atom is -0.384 e. The standard InChI is InChI=1S/C11H24O2/c1-9(2)11(7-12-5,8-13-6)10(3)4/h9-10H,7-8H2,1-6H3. The van der Waals surface area contributed by atoms with Gasteiger partial charge in [-0.2, -0.15) is 0 Å². The molecule has 0 fully saturated rings. The fourth-order valence-corrected chi connectivity index (χ4v) is 1.91. The van der Waals surface area contributed by atoms with Gasteiger partial charge in [-0.25, -0.2) is 0 Å². The molecule has 2 heteroatoms. The molecule has 0 aromatic carbocycles. The third-order valence-electron chi connectivity index (χ3n) is 3.13. The highest BCUT2D eigenvalue weighted by atomic mass is 16.5. The summed E-state index contributed by atoms with van der Waals surface area (Å²) < 4.78 is 10.6. The molecule has 0 aromatic heterocycles. The van der Waals surface area contributed by atoms with E-state index in [2.05, 4.69) is 27.7 Å². The Kier molecular flexibility index (Phi) is 5.57. The molecule has 0 amide bonds. The van der Waals surface area contributed by atoms with Crippen molar-refractivity contribution in [3.8, 4) is 0 Å². The van der Waals surface area contributed by atoms with Crippen molar-refractivity contribution in [2.24, 2.45) is 17.3 Å². The first-order valence-corrected chi connectivity index (χ1v) is 4.99.